The third kappa shape index (κ3) is 2.91. The van der Waals surface area contributed by atoms with Crippen LogP contribution < -0.4 is 0 Å². The lowest BCUT2D eigenvalue weighted by Gasteiger charge is -2.29. The second-order valence-electron chi connectivity index (χ2n) is 4.23. The topological polar surface area (TPSA) is 96.8 Å². The fourth-order valence-electron chi connectivity index (χ4n) is 1.80. The van der Waals surface area contributed by atoms with E-state index in [0.717, 1.165) is 6.20 Å². The molecule has 0 amide bonds. The number of nitrogens with zero attached hydrogens (tertiary/aromatic N) is 2. The second-order valence-corrected chi connectivity index (χ2v) is 6.12. The Bertz CT molecular complexity index is 569. The van der Waals surface area contributed by atoms with Gasteiger partial charge in [0.1, 0.15) is 0 Å². The number of carboxylic acid groups (broad SMARTS) is 1. The first-order valence-electron chi connectivity index (χ1n) is 5.72. The van der Waals surface area contributed by atoms with Gasteiger partial charge in [0.25, 0.3) is 10.0 Å². The zero-order chi connectivity index (χ0) is 14.0. The molecule has 0 bridgehead atoms. The smallest absolute Gasteiger partial charge is 0.337 e. The molecule has 0 saturated carbocycles. The standard InChI is InChI=1S/C11H14N2O5S/c1-8-7-13(4-5-18-8)19(16,17)10-3-2-9(6-12-10)11(14)15/h2-3,6,8H,4-5,7H2,1H3,(H,14,15). The molecule has 1 fully saturated rings. The maximum atomic E-state index is 12.3. The minimum absolute atomic E-state index is 0.0469. The predicted octanol–water partition coefficient (Wildman–Crippen LogP) is 0.189. The summed E-state index contributed by atoms with van der Waals surface area (Å²) in [5.41, 5.74) is -0.0469. The van der Waals surface area contributed by atoms with Gasteiger partial charge < -0.3 is 9.84 Å². The maximum absolute atomic E-state index is 12.3. The van der Waals surface area contributed by atoms with Crippen molar-refractivity contribution in [3.63, 3.8) is 0 Å². The van der Waals surface area contributed by atoms with E-state index < -0.39 is 16.0 Å². The molecule has 1 atom stereocenters. The Morgan fingerprint density at radius 3 is 2.79 bits per heavy atom. The summed E-state index contributed by atoms with van der Waals surface area (Å²) >= 11 is 0. The first-order valence-corrected chi connectivity index (χ1v) is 7.16. The number of ether oxygens (including phenoxy) is 1. The molecule has 19 heavy (non-hydrogen) atoms. The van der Waals surface area contributed by atoms with Gasteiger partial charge in [-0.05, 0) is 19.1 Å². The van der Waals surface area contributed by atoms with Crippen LogP contribution in [-0.4, -0.2) is 54.6 Å². The van der Waals surface area contributed by atoms with Crippen LogP contribution in [0.15, 0.2) is 23.4 Å². The molecule has 1 aliphatic heterocycles. The molecular weight excluding hydrogens is 272 g/mol. The summed E-state index contributed by atoms with van der Waals surface area (Å²) in [5, 5.41) is 8.60. The molecule has 104 valence electrons. The number of hydrogen-bond donors (Lipinski definition) is 1. The van der Waals surface area contributed by atoms with E-state index in [1.807, 2.05) is 0 Å². The number of pyridine rings is 1. The van der Waals surface area contributed by atoms with Crippen LogP contribution in [-0.2, 0) is 14.8 Å². The van der Waals surface area contributed by atoms with Crippen molar-refractivity contribution in [3.8, 4) is 0 Å². The SMILES string of the molecule is CC1CN(S(=O)(=O)c2ccc(C(=O)O)cn2)CCO1. The van der Waals surface area contributed by atoms with Crippen LogP contribution in [0.25, 0.3) is 0 Å². The largest absolute Gasteiger partial charge is 0.478 e. The molecule has 1 saturated heterocycles. The summed E-state index contributed by atoms with van der Waals surface area (Å²) < 4.78 is 31.1. The third-order valence-electron chi connectivity index (χ3n) is 2.79. The number of sulfonamides is 1. The Balaban J connectivity index is 2.26. The van der Waals surface area contributed by atoms with Gasteiger partial charge >= 0.3 is 5.97 Å². The molecule has 1 aromatic rings. The van der Waals surface area contributed by atoms with Gasteiger partial charge in [-0.15, -0.1) is 0 Å². The van der Waals surface area contributed by atoms with Gasteiger partial charge in [0.2, 0.25) is 0 Å². The molecular formula is C11H14N2O5S. The first kappa shape index (κ1) is 13.9. The highest BCUT2D eigenvalue weighted by Gasteiger charge is 2.30. The van der Waals surface area contributed by atoms with Gasteiger partial charge in [-0.25, -0.2) is 18.2 Å². The fourth-order valence-corrected chi connectivity index (χ4v) is 3.21. The molecule has 0 aliphatic carbocycles. The Hall–Kier alpha value is -1.51. The van der Waals surface area contributed by atoms with Gasteiger partial charge in [-0.2, -0.15) is 4.31 Å². The van der Waals surface area contributed by atoms with Crippen molar-refractivity contribution in [1.29, 1.82) is 0 Å². The van der Waals surface area contributed by atoms with Crippen LogP contribution in [0.1, 0.15) is 17.3 Å². The van der Waals surface area contributed by atoms with Crippen LogP contribution in [0.3, 0.4) is 0 Å². The highest BCUT2D eigenvalue weighted by molar-refractivity contribution is 7.89. The first-order chi connectivity index (χ1) is 8.91. The van der Waals surface area contributed by atoms with Gasteiger partial charge in [0.15, 0.2) is 5.03 Å². The zero-order valence-electron chi connectivity index (χ0n) is 10.3. The van der Waals surface area contributed by atoms with Gasteiger partial charge in [0, 0.05) is 19.3 Å². The average molecular weight is 286 g/mol. The molecule has 1 unspecified atom stereocenters. The molecule has 0 radical (unpaired) electrons. The van der Waals surface area contributed by atoms with Crippen LogP contribution in [0, 0.1) is 0 Å². The molecule has 8 heteroatoms. The fraction of sp³-hybridized carbons (Fsp3) is 0.455. The monoisotopic (exact) mass is 286 g/mol. The van der Waals surface area contributed by atoms with E-state index in [-0.39, 0.29) is 29.8 Å². The van der Waals surface area contributed by atoms with Gasteiger partial charge in [-0.3, -0.25) is 0 Å². The predicted molar refractivity (Wildman–Crippen MR) is 65.4 cm³/mol. The quantitative estimate of drug-likeness (QED) is 0.852. The number of aromatic nitrogens is 1. The van der Waals surface area contributed by atoms with Crippen LogP contribution in [0.4, 0.5) is 0 Å². The number of rotatable bonds is 3. The molecule has 2 heterocycles. The van der Waals surface area contributed by atoms with E-state index in [0.29, 0.717) is 6.61 Å². The summed E-state index contributed by atoms with van der Waals surface area (Å²) in [6.07, 6.45) is 0.876. The number of carbonyl (C=O) groups is 1. The summed E-state index contributed by atoms with van der Waals surface area (Å²) in [7, 11) is -3.69. The lowest BCUT2D eigenvalue weighted by Crippen LogP contribution is -2.44. The molecule has 7 nitrogen and oxygen atoms in total. The normalized spacial score (nSPS) is 21.2. The highest BCUT2D eigenvalue weighted by Crippen LogP contribution is 2.17. The molecule has 1 aliphatic rings. The number of hydrogen-bond acceptors (Lipinski definition) is 5. The van der Waals surface area contributed by atoms with Crippen molar-refractivity contribution < 1.29 is 23.1 Å². The van der Waals surface area contributed by atoms with E-state index >= 15 is 0 Å². The van der Waals surface area contributed by atoms with Crippen LogP contribution in [0.5, 0.6) is 0 Å². The third-order valence-corrected chi connectivity index (χ3v) is 4.57. The van der Waals surface area contributed by atoms with E-state index in [1.54, 1.807) is 6.92 Å². The van der Waals surface area contributed by atoms with Crippen molar-refractivity contribution in [2.45, 2.75) is 18.1 Å². The Morgan fingerprint density at radius 1 is 1.53 bits per heavy atom. The Labute approximate surface area is 110 Å². The lowest BCUT2D eigenvalue weighted by molar-refractivity contribution is 0.0101. The van der Waals surface area contributed by atoms with E-state index in [4.69, 9.17) is 9.84 Å². The zero-order valence-corrected chi connectivity index (χ0v) is 11.1. The molecule has 1 aromatic heterocycles. The summed E-state index contributed by atoms with van der Waals surface area (Å²) in [6, 6.07) is 2.44. The lowest BCUT2D eigenvalue weighted by atomic mass is 10.3. The van der Waals surface area contributed by atoms with E-state index in [2.05, 4.69) is 4.98 Å². The Kier molecular flexibility index (Phi) is 3.83. The molecule has 0 spiro atoms. The molecule has 2 rings (SSSR count). The average Bonchev–Trinajstić information content (AvgIpc) is 2.39. The van der Waals surface area contributed by atoms with Crippen molar-refractivity contribution in [1.82, 2.24) is 9.29 Å². The van der Waals surface area contributed by atoms with E-state index in [9.17, 15) is 13.2 Å². The Morgan fingerprint density at radius 2 is 2.26 bits per heavy atom. The van der Waals surface area contributed by atoms with Crippen molar-refractivity contribution in [2.75, 3.05) is 19.7 Å². The maximum Gasteiger partial charge on any atom is 0.337 e. The van der Waals surface area contributed by atoms with Crippen molar-refractivity contribution >= 4 is 16.0 Å². The number of aromatic carboxylic acids is 1. The summed E-state index contributed by atoms with van der Waals surface area (Å²) in [6.45, 7) is 2.68. The minimum atomic E-state index is -3.69. The minimum Gasteiger partial charge on any atom is -0.478 e. The summed E-state index contributed by atoms with van der Waals surface area (Å²) in [4.78, 5) is 14.4. The van der Waals surface area contributed by atoms with E-state index in [1.165, 1.54) is 16.4 Å². The van der Waals surface area contributed by atoms with Gasteiger partial charge in [-0.1, -0.05) is 0 Å². The van der Waals surface area contributed by atoms with Crippen LogP contribution >= 0.6 is 0 Å². The highest BCUT2D eigenvalue weighted by atomic mass is 32.2. The van der Waals surface area contributed by atoms with Gasteiger partial charge in [0.05, 0.1) is 18.3 Å². The molecule has 0 aromatic carbocycles. The number of morpholine rings is 1. The summed E-state index contributed by atoms with van der Waals surface area (Å²) in [5.74, 6) is -1.14. The second kappa shape index (κ2) is 5.24. The molecule has 1 N–H and O–H groups in total. The van der Waals surface area contributed by atoms with Crippen LogP contribution in [0.2, 0.25) is 0 Å². The van der Waals surface area contributed by atoms with Crippen molar-refractivity contribution in [3.05, 3.63) is 23.9 Å². The number of carboxylic acids is 1. The van der Waals surface area contributed by atoms with Crippen molar-refractivity contribution in [2.24, 2.45) is 0 Å².